The maximum atomic E-state index is 11.5. The maximum absolute atomic E-state index is 11.5. The molecule has 1 saturated heterocycles. The van der Waals surface area contributed by atoms with E-state index in [1.807, 2.05) is 13.8 Å². The zero-order chi connectivity index (χ0) is 11.0. The van der Waals surface area contributed by atoms with Crippen LogP contribution in [-0.4, -0.2) is 36.6 Å². The molecule has 0 saturated carbocycles. The van der Waals surface area contributed by atoms with Gasteiger partial charge in [-0.05, 0) is 6.42 Å². The second kappa shape index (κ2) is 3.75. The second-order valence-electron chi connectivity index (χ2n) is 4.25. The molecule has 6 heteroatoms. The zero-order valence-electron chi connectivity index (χ0n) is 8.49. The third-order valence-corrected chi connectivity index (χ3v) is 4.90. The SMILES string of the molecule is CC(C)(CN1CCCS1(=O)=O)C(N)=S. The lowest BCUT2D eigenvalue weighted by Crippen LogP contribution is -2.42. The van der Waals surface area contributed by atoms with Crippen LogP contribution in [0.1, 0.15) is 20.3 Å². The first-order valence-electron chi connectivity index (χ1n) is 4.53. The van der Waals surface area contributed by atoms with E-state index in [-0.39, 0.29) is 5.75 Å². The lowest BCUT2D eigenvalue weighted by Gasteiger charge is -2.27. The summed E-state index contributed by atoms with van der Waals surface area (Å²) in [5.74, 6) is 0.250. The third kappa shape index (κ3) is 2.43. The molecule has 4 nitrogen and oxygen atoms in total. The van der Waals surface area contributed by atoms with Gasteiger partial charge >= 0.3 is 0 Å². The molecule has 0 atom stereocenters. The summed E-state index contributed by atoms with van der Waals surface area (Å²) in [6.45, 7) is 4.71. The Morgan fingerprint density at radius 2 is 2.14 bits per heavy atom. The summed E-state index contributed by atoms with van der Waals surface area (Å²) in [6, 6.07) is 0. The standard InChI is InChI=1S/C8H16N2O2S2/c1-8(2,7(9)13)6-10-4-3-5-14(10,11)12/h3-6H2,1-2H3,(H2,9,13). The summed E-state index contributed by atoms with van der Waals surface area (Å²) in [4.78, 5) is 0.361. The van der Waals surface area contributed by atoms with Gasteiger partial charge in [0.25, 0.3) is 0 Å². The van der Waals surface area contributed by atoms with Crippen LogP contribution < -0.4 is 5.73 Å². The molecule has 0 bridgehead atoms. The van der Waals surface area contributed by atoms with E-state index in [1.165, 1.54) is 4.31 Å². The van der Waals surface area contributed by atoms with Crippen LogP contribution in [0.5, 0.6) is 0 Å². The third-order valence-electron chi connectivity index (χ3n) is 2.44. The molecule has 1 fully saturated rings. The van der Waals surface area contributed by atoms with Gasteiger partial charge in [-0.2, -0.15) is 0 Å². The van der Waals surface area contributed by atoms with Crippen molar-refractivity contribution in [1.29, 1.82) is 0 Å². The molecule has 0 aromatic heterocycles. The van der Waals surface area contributed by atoms with Crippen LogP contribution in [0.2, 0.25) is 0 Å². The average Bonchev–Trinajstić information content (AvgIpc) is 2.30. The maximum Gasteiger partial charge on any atom is 0.214 e. The van der Waals surface area contributed by atoms with Crippen LogP contribution in [0.4, 0.5) is 0 Å². The molecule has 14 heavy (non-hydrogen) atoms. The highest BCUT2D eigenvalue weighted by molar-refractivity contribution is 7.89. The van der Waals surface area contributed by atoms with Crippen molar-refractivity contribution < 1.29 is 8.42 Å². The van der Waals surface area contributed by atoms with Crippen LogP contribution >= 0.6 is 12.2 Å². The van der Waals surface area contributed by atoms with E-state index in [9.17, 15) is 8.42 Å². The molecule has 1 aliphatic rings. The van der Waals surface area contributed by atoms with Crippen molar-refractivity contribution in [3.8, 4) is 0 Å². The molecule has 1 aliphatic heterocycles. The van der Waals surface area contributed by atoms with E-state index < -0.39 is 15.4 Å². The van der Waals surface area contributed by atoms with Crippen molar-refractivity contribution in [3.63, 3.8) is 0 Å². The molecule has 0 spiro atoms. The number of rotatable bonds is 3. The Morgan fingerprint density at radius 1 is 1.57 bits per heavy atom. The van der Waals surface area contributed by atoms with E-state index in [1.54, 1.807) is 0 Å². The van der Waals surface area contributed by atoms with Gasteiger partial charge < -0.3 is 5.73 Å². The molecule has 0 unspecified atom stereocenters. The van der Waals surface area contributed by atoms with Crippen molar-refractivity contribution in [2.24, 2.45) is 11.1 Å². The zero-order valence-corrected chi connectivity index (χ0v) is 10.1. The van der Waals surface area contributed by atoms with Gasteiger partial charge in [-0.25, -0.2) is 12.7 Å². The van der Waals surface area contributed by atoms with Gasteiger partial charge in [0.2, 0.25) is 10.0 Å². The molecule has 0 aromatic carbocycles. The topological polar surface area (TPSA) is 63.4 Å². The van der Waals surface area contributed by atoms with Crippen LogP contribution in [0.3, 0.4) is 0 Å². The molecule has 0 radical (unpaired) electrons. The van der Waals surface area contributed by atoms with Crippen molar-refractivity contribution in [1.82, 2.24) is 4.31 Å². The largest absolute Gasteiger partial charge is 0.393 e. The molecule has 0 amide bonds. The highest BCUT2D eigenvalue weighted by Crippen LogP contribution is 2.23. The molecule has 0 aromatic rings. The molecule has 0 aliphatic carbocycles. The van der Waals surface area contributed by atoms with Gasteiger partial charge in [0.15, 0.2) is 0 Å². The smallest absolute Gasteiger partial charge is 0.214 e. The Balaban J connectivity index is 2.75. The Kier molecular flexibility index (Phi) is 3.18. The van der Waals surface area contributed by atoms with Gasteiger partial charge in [-0.1, -0.05) is 26.1 Å². The Bertz CT molecular complexity index is 335. The van der Waals surface area contributed by atoms with Crippen LogP contribution in [0.15, 0.2) is 0 Å². The Hall–Kier alpha value is -0.200. The molecule has 1 heterocycles. The summed E-state index contributed by atoms with van der Waals surface area (Å²) in [5.41, 5.74) is 5.12. The van der Waals surface area contributed by atoms with Gasteiger partial charge in [0.1, 0.15) is 0 Å². The number of sulfonamides is 1. The molecule has 1 rings (SSSR count). The van der Waals surface area contributed by atoms with Crippen LogP contribution in [0, 0.1) is 5.41 Å². The quantitative estimate of drug-likeness (QED) is 0.718. The predicted molar refractivity (Wildman–Crippen MR) is 60.5 cm³/mol. The first-order valence-corrected chi connectivity index (χ1v) is 6.55. The van der Waals surface area contributed by atoms with E-state index in [2.05, 4.69) is 0 Å². The minimum absolute atomic E-state index is 0.250. The number of nitrogens with two attached hydrogens (primary N) is 1. The summed E-state index contributed by atoms with van der Waals surface area (Å²) >= 11 is 4.90. The predicted octanol–water partition coefficient (Wildman–Crippen LogP) is 0.334. The number of thiocarbonyl (C=S) groups is 1. The number of nitrogens with zero attached hydrogens (tertiary/aromatic N) is 1. The van der Waals surface area contributed by atoms with E-state index in [0.29, 0.717) is 24.5 Å². The minimum Gasteiger partial charge on any atom is -0.393 e. The van der Waals surface area contributed by atoms with Crippen LogP contribution in [0.25, 0.3) is 0 Å². The van der Waals surface area contributed by atoms with E-state index in [0.717, 1.165) is 0 Å². The molecule has 82 valence electrons. The molecule has 2 N–H and O–H groups in total. The van der Waals surface area contributed by atoms with Crippen LogP contribution in [-0.2, 0) is 10.0 Å². The Morgan fingerprint density at radius 3 is 2.50 bits per heavy atom. The number of hydrogen-bond donors (Lipinski definition) is 1. The Labute approximate surface area is 90.5 Å². The normalized spacial score (nSPS) is 22.4. The fraction of sp³-hybridized carbons (Fsp3) is 0.875. The van der Waals surface area contributed by atoms with Gasteiger partial charge in [0, 0.05) is 18.5 Å². The lowest BCUT2D eigenvalue weighted by atomic mass is 9.94. The van der Waals surface area contributed by atoms with Crippen molar-refractivity contribution in [2.75, 3.05) is 18.8 Å². The second-order valence-corrected chi connectivity index (χ2v) is 6.78. The molecular weight excluding hydrogens is 220 g/mol. The van der Waals surface area contributed by atoms with Crippen molar-refractivity contribution >= 4 is 27.2 Å². The first-order chi connectivity index (χ1) is 6.26. The van der Waals surface area contributed by atoms with Gasteiger partial charge in [-0.15, -0.1) is 0 Å². The number of hydrogen-bond acceptors (Lipinski definition) is 3. The highest BCUT2D eigenvalue weighted by Gasteiger charge is 2.34. The fourth-order valence-electron chi connectivity index (χ4n) is 1.39. The summed E-state index contributed by atoms with van der Waals surface area (Å²) < 4.78 is 24.5. The minimum atomic E-state index is -3.04. The fourth-order valence-corrected chi connectivity index (χ4v) is 3.13. The molecular formula is C8H16N2O2S2. The average molecular weight is 236 g/mol. The van der Waals surface area contributed by atoms with E-state index in [4.69, 9.17) is 18.0 Å². The van der Waals surface area contributed by atoms with Gasteiger partial charge in [0.05, 0.1) is 10.7 Å². The summed E-state index contributed by atoms with van der Waals surface area (Å²) in [6.07, 6.45) is 0.704. The monoisotopic (exact) mass is 236 g/mol. The summed E-state index contributed by atoms with van der Waals surface area (Å²) in [5, 5.41) is 0. The first kappa shape index (κ1) is 11.9. The van der Waals surface area contributed by atoms with Gasteiger partial charge in [-0.3, -0.25) is 0 Å². The summed E-state index contributed by atoms with van der Waals surface area (Å²) in [7, 11) is -3.04. The lowest BCUT2D eigenvalue weighted by molar-refractivity contribution is 0.348. The highest BCUT2D eigenvalue weighted by atomic mass is 32.2. The van der Waals surface area contributed by atoms with Crippen molar-refractivity contribution in [3.05, 3.63) is 0 Å². The van der Waals surface area contributed by atoms with Crippen molar-refractivity contribution in [2.45, 2.75) is 20.3 Å². The van der Waals surface area contributed by atoms with E-state index >= 15 is 0 Å².